The van der Waals surface area contributed by atoms with Gasteiger partial charge in [0.05, 0.1) is 6.10 Å². The summed E-state index contributed by atoms with van der Waals surface area (Å²) in [4.78, 5) is 14.4. The summed E-state index contributed by atoms with van der Waals surface area (Å²) in [6.45, 7) is 6.62. The number of para-hydroxylation sites is 1. The lowest BCUT2D eigenvalue weighted by molar-refractivity contribution is -0.168. The van der Waals surface area contributed by atoms with Gasteiger partial charge in [0, 0.05) is 31.2 Å². The standard InChI is InChI=1S/C16H24N2O2.ClH/c1-5-20-13-11-16(17,15(13,2)3)14(19)18(4)12-9-7-6-8-10-12;/h6-10,13H,5,11,17H2,1-4H3;1H. The number of benzene rings is 1. The van der Waals surface area contributed by atoms with Crippen LogP contribution in [0.25, 0.3) is 0 Å². The molecule has 21 heavy (non-hydrogen) atoms. The lowest BCUT2D eigenvalue weighted by atomic mass is 9.54. The van der Waals surface area contributed by atoms with Crippen LogP contribution < -0.4 is 10.6 Å². The normalized spacial score (nSPS) is 26.4. The smallest absolute Gasteiger partial charge is 0.247 e. The molecule has 118 valence electrons. The van der Waals surface area contributed by atoms with Gasteiger partial charge in [-0.2, -0.15) is 0 Å². The van der Waals surface area contributed by atoms with Crippen molar-refractivity contribution in [3.63, 3.8) is 0 Å². The molecule has 0 radical (unpaired) electrons. The summed E-state index contributed by atoms with van der Waals surface area (Å²) in [5, 5.41) is 0. The van der Waals surface area contributed by atoms with E-state index in [0.29, 0.717) is 13.0 Å². The molecule has 1 saturated carbocycles. The molecule has 2 N–H and O–H groups in total. The number of likely N-dealkylation sites (N-methyl/N-ethyl adjacent to an activating group) is 1. The molecule has 1 aliphatic carbocycles. The van der Waals surface area contributed by atoms with Crippen molar-refractivity contribution in [1.82, 2.24) is 0 Å². The number of nitrogens with zero attached hydrogens (tertiary/aromatic N) is 1. The molecular weight excluding hydrogens is 288 g/mol. The van der Waals surface area contributed by atoms with Crippen LogP contribution in [-0.4, -0.2) is 31.2 Å². The monoisotopic (exact) mass is 312 g/mol. The second-order valence-electron chi connectivity index (χ2n) is 6.04. The van der Waals surface area contributed by atoms with Crippen molar-refractivity contribution in [2.45, 2.75) is 38.8 Å². The van der Waals surface area contributed by atoms with Crippen LogP contribution in [0.3, 0.4) is 0 Å². The van der Waals surface area contributed by atoms with Crippen LogP contribution in [0.5, 0.6) is 0 Å². The third-order valence-corrected chi connectivity index (χ3v) is 4.66. The second-order valence-corrected chi connectivity index (χ2v) is 6.04. The Morgan fingerprint density at radius 3 is 2.43 bits per heavy atom. The first-order chi connectivity index (χ1) is 9.34. The number of ether oxygens (including phenoxy) is 1. The van der Waals surface area contributed by atoms with E-state index in [1.54, 1.807) is 11.9 Å². The van der Waals surface area contributed by atoms with E-state index in [4.69, 9.17) is 10.5 Å². The van der Waals surface area contributed by atoms with Crippen LogP contribution in [0.15, 0.2) is 30.3 Å². The third kappa shape index (κ3) is 2.80. The Morgan fingerprint density at radius 1 is 1.38 bits per heavy atom. The number of carbonyl (C=O) groups excluding carboxylic acids is 1. The SMILES string of the molecule is CCOC1CC(N)(C(=O)N(C)c2ccccc2)C1(C)C.Cl. The van der Waals surface area contributed by atoms with E-state index in [1.165, 1.54) is 0 Å². The first-order valence-electron chi connectivity index (χ1n) is 7.08. The van der Waals surface area contributed by atoms with E-state index in [1.807, 2.05) is 51.1 Å². The van der Waals surface area contributed by atoms with Gasteiger partial charge in [0.25, 0.3) is 0 Å². The number of carbonyl (C=O) groups is 1. The first kappa shape index (κ1) is 18.0. The van der Waals surface area contributed by atoms with E-state index in [2.05, 4.69) is 0 Å². The van der Waals surface area contributed by atoms with Gasteiger partial charge >= 0.3 is 0 Å². The van der Waals surface area contributed by atoms with Crippen molar-refractivity contribution in [1.29, 1.82) is 0 Å². The van der Waals surface area contributed by atoms with Crippen LogP contribution in [0.1, 0.15) is 27.2 Å². The lowest BCUT2D eigenvalue weighted by Crippen LogP contribution is -2.75. The number of amides is 1. The highest BCUT2D eigenvalue weighted by molar-refractivity contribution is 6.01. The summed E-state index contributed by atoms with van der Waals surface area (Å²) in [5.74, 6) is -0.0512. The van der Waals surface area contributed by atoms with Gasteiger partial charge in [-0.05, 0) is 19.1 Å². The lowest BCUT2D eigenvalue weighted by Gasteiger charge is -2.58. The summed E-state index contributed by atoms with van der Waals surface area (Å²) in [5.41, 5.74) is 6.05. The van der Waals surface area contributed by atoms with Crippen LogP contribution in [0.4, 0.5) is 5.69 Å². The summed E-state index contributed by atoms with van der Waals surface area (Å²) in [6, 6.07) is 9.58. The van der Waals surface area contributed by atoms with Gasteiger partial charge in [-0.3, -0.25) is 4.79 Å². The topological polar surface area (TPSA) is 55.6 Å². The van der Waals surface area contributed by atoms with Gasteiger partial charge in [0.15, 0.2) is 0 Å². The molecule has 0 aliphatic heterocycles. The summed E-state index contributed by atoms with van der Waals surface area (Å²) >= 11 is 0. The highest BCUT2D eigenvalue weighted by Crippen LogP contribution is 2.50. The van der Waals surface area contributed by atoms with E-state index in [0.717, 1.165) is 5.69 Å². The molecule has 0 saturated heterocycles. The third-order valence-electron chi connectivity index (χ3n) is 4.66. The Labute approximate surface area is 133 Å². The molecule has 1 fully saturated rings. The average Bonchev–Trinajstić information content (AvgIpc) is 2.46. The van der Waals surface area contributed by atoms with Gasteiger partial charge in [-0.15, -0.1) is 12.4 Å². The number of rotatable bonds is 4. The van der Waals surface area contributed by atoms with Crippen molar-refractivity contribution < 1.29 is 9.53 Å². The predicted octanol–water partition coefficient (Wildman–Crippen LogP) is 2.60. The van der Waals surface area contributed by atoms with Crippen molar-refractivity contribution >= 4 is 24.0 Å². The molecule has 1 aliphatic rings. The molecule has 1 aromatic carbocycles. The van der Waals surface area contributed by atoms with Crippen LogP contribution in [0, 0.1) is 5.41 Å². The highest BCUT2D eigenvalue weighted by Gasteiger charge is 2.63. The van der Waals surface area contributed by atoms with Gasteiger partial charge in [-0.25, -0.2) is 0 Å². The van der Waals surface area contributed by atoms with Gasteiger partial charge in [-0.1, -0.05) is 32.0 Å². The minimum absolute atomic E-state index is 0. The first-order valence-corrected chi connectivity index (χ1v) is 7.08. The fourth-order valence-electron chi connectivity index (χ4n) is 2.87. The van der Waals surface area contributed by atoms with Gasteiger partial charge in [0.1, 0.15) is 5.54 Å². The predicted molar refractivity (Wildman–Crippen MR) is 87.8 cm³/mol. The van der Waals surface area contributed by atoms with E-state index < -0.39 is 5.54 Å². The van der Waals surface area contributed by atoms with Crippen molar-refractivity contribution in [3.8, 4) is 0 Å². The molecule has 0 aromatic heterocycles. The number of hydrogen-bond donors (Lipinski definition) is 1. The van der Waals surface area contributed by atoms with E-state index in [-0.39, 0.29) is 29.8 Å². The largest absolute Gasteiger partial charge is 0.378 e. The Morgan fingerprint density at radius 2 is 1.95 bits per heavy atom. The van der Waals surface area contributed by atoms with Crippen LogP contribution >= 0.6 is 12.4 Å². The maximum atomic E-state index is 12.8. The number of halogens is 1. The Kier molecular flexibility index (Phi) is 5.42. The van der Waals surface area contributed by atoms with Crippen LogP contribution in [0.2, 0.25) is 0 Å². The Bertz CT molecular complexity index is 492. The fraction of sp³-hybridized carbons (Fsp3) is 0.562. The van der Waals surface area contributed by atoms with Crippen molar-refractivity contribution in [2.75, 3.05) is 18.6 Å². The average molecular weight is 313 g/mol. The van der Waals surface area contributed by atoms with Crippen LogP contribution in [-0.2, 0) is 9.53 Å². The number of anilines is 1. The number of nitrogens with two attached hydrogens (primary N) is 1. The van der Waals surface area contributed by atoms with Gasteiger partial charge < -0.3 is 15.4 Å². The summed E-state index contributed by atoms with van der Waals surface area (Å²) in [7, 11) is 1.77. The molecular formula is C16H25ClN2O2. The Hall–Kier alpha value is -1.10. The minimum atomic E-state index is -0.864. The quantitative estimate of drug-likeness (QED) is 0.929. The maximum Gasteiger partial charge on any atom is 0.247 e. The maximum absolute atomic E-state index is 12.8. The molecule has 1 amide bonds. The molecule has 0 bridgehead atoms. The van der Waals surface area contributed by atoms with Gasteiger partial charge in [0.2, 0.25) is 5.91 Å². The zero-order valence-corrected chi connectivity index (χ0v) is 13.9. The highest BCUT2D eigenvalue weighted by atomic mass is 35.5. The zero-order valence-electron chi connectivity index (χ0n) is 13.1. The van der Waals surface area contributed by atoms with Crippen molar-refractivity contribution in [3.05, 3.63) is 30.3 Å². The fourth-order valence-corrected chi connectivity index (χ4v) is 2.87. The molecule has 0 spiro atoms. The molecule has 2 atom stereocenters. The summed E-state index contributed by atoms with van der Waals surface area (Å²) in [6.07, 6.45) is 0.620. The zero-order chi connectivity index (χ0) is 15.0. The van der Waals surface area contributed by atoms with E-state index >= 15 is 0 Å². The second kappa shape index (κ2) is 6.34. The summed E-state index contributed by atoms with van der Waals surface area (Å²) < 4.78 is 5.67. The molecule has 4 nitrogen and oxygen atoms in total. The number of hydrogen-bond acceptors (Lipinski definition) is 3. The molecule has 5 heteroatoms. The minimum Gasteiger partial charge on any atom is -0.378 e. The molecule has 0 heterocycles. The Balaban J connectivity index is 0.00000220. The molecule has 1 aromatic rings. The molecule has 2 rings (SSSR count). The van der Waals surface area contributed by atoms with Crippen molar-refractivity contribution in [2.24, 2.45) is 11.1 Å². The van der Waals surface area contributed by atoms with E-state index in [9.17, 15) is 4.79 Å². The molecule has 2 unspecified atom stereocenters.